The van der Waals surface area contributed by atoms with Crippen LogP contribution in [0.3, 0.4) is 0 Å². The van der Waals surface area contributed by atoms with Crippen molar-refractivity contribution >= 4 is 17.8 Å². The van der Waals surface area contributed by atoms with E-state index in [1.807, 2.05) is 0 Å². The molecule has 1 aliphatic heterocycles. The highest BCUT2D eigenvalue weighted by Crippen LogP contribution is 2.42. The fraction of sp³-hybridized carbons (Fsp3) is 0.471. The molecule has 0 spiro atoms. The van der Waals surface area contributed by atoms with E-state index >= 15 is 0 Å². The number of amides is 4. The van der Waals surface area contributed by atoms with Crippen LogP contribution >= 0.6 is 0 Å². The molecule has 2 fully saturated rings. The third kappa shape index (κ3) is 2.98. The summed E-state index contributed by atoms with van der Waals surface area (Å²) >= 11 is 0. The topological polar surface area (TPSA) is 78.5 Å². The van der Waals surface area contributed by atoms with Crippen LogP contribution in [0.1, 0.15) is 38.3 Å². The Morgan fingerprint density at radius 3 is 2.79 bits per heavy atom. The van der Waals surface area contributed by atoms with E-state index in [1.165, 1.54) is 12.1 Å². The predicted molar refractivity (Wildman–Crippen MR) is 84.3 cm³/mol. The van der Waals surface area contributed by atoms with E-state index in [0.29, 0.717) is 5.56 Å². The molecule has 1 saturated carbocycles. The van der Waals surface area contributed by atoms with Gasteiger partial charge in [0, 0.05) is 0 Å². The Morgan fingerprint density at radius 1 is 1.46 bits per heavy atom. The third-order valence-corrected chi connectivity index (χ3v) is 4.72. The molecule has 2 aliphatic rings. The molecular weight excluding hydrogens is 313 g/mol. The number of hydrogen-bond donors (Lipinski definition) is 2. The largest absolute Gasteiger partial charge is 0.348 e. The quantitative estimate of drug-likeness (QED) is 0.806. The van der Waals surface area contributed by atoms with Crippen LogP contribution in [0.2, 0.25) is 0 Å². The summed E-state index contributed by atoms with van der Waals surface area (Å²) in [5, 5.41) is 5.38. The summed E-state index contributed by atoms with van der Waals surface area (Å²) in [4.78, 5) is 37.6. The van der Waals surface area contributed by atoms with Crippen molar-refractivity contribution in [2.75, 3.05) is 6.54 Å². The van der Waals surface area contributed by atoms with E-state index in [0.717, 1.165) is 17.7 Å². The van der Waals surface area contributed by atoms with Crippen molar-refractivity contribution in [1.82, 2.24) is 15.5 Å². The number of imide groups is 1. The van der Waals surface area contributed by atoms with Crippen LogP contribution in [-0.2, 0) is 9.59 Å². The average molecular weight is 333 g/mol. The van der Waals surface area contributed by atoms with Crippen molar-refractivity contribution < 1.29 is 18.8 Å². The highest BCUT2D eigenvalue weighted by molar-refractivity contribution is 6.09. The van der Waals surface area contributed by atoms with Crippen LogP contribution in [0.5, 0.6) is 0 Å². The zero-order valence-corrected chi connectivity index (χ0v) is 13.6. The van der Waals surface area contributed by atoms with Gasteiger partial charge >= 0.3 is 6.03 Å². The van der Waals surface area contributed by atoms with E-state index in [1.54, 1.807) is 26.0 Å². The summed E-state index contributed by atoms with van der Waals surface area (Å²) in [6, 6.07) is 4.96. The Morgan fingerprint density at radius 2 is 2.17 bits per heavy atom. The zero-order valence-electron chi connectivity index (χ0n) is 13.6. The molecule has 2 atom stereocenters. The number of benzene rings is 1. The molecule has 2 N–H and O–H groups in total. The molecule has 1 aromatic rings. The number of carbonyl (C=O) groups excluding carboxylic acids is 3. The summed E-state index contributed by atoms with van der Waals surface area (Å²) in [6.07, 6.45) is 1.80. The molecule has 128 valence electrons. The average Bonchev–Trinajstić information content (AvgIpc) is 3.33. The number of halogens is 1. The van der Waals surface area contributed by atoms with Crippen LogP contribution in [0.25, 0.3) is 0 Å². The molecule has 24 heavy (non-hydrogen) atoms. The van der Waals surface area contributed by atoms with E-state index in [-0.39, 0.29) is 24.2 Å². The van der Waals surface area contributed by atoms with Gasteiger partial charge in [-0.2, -0.15) is 0 Å². The minimum absolute atomic E-state index is 0.147. The van der Waals surface area contributed by atoms with Crippen molar-refractivity contribution in [2.24, 2.45) is 5.92 Å². The number of hydrogen-bond acceptors (Lipinski definition) is 3. The predicted octanol–water partition coefficient (Wildman–Crippen LogP) is 1.72. The van der Waals surface area contributed by atoms with Crippen molar-refractivity contribution in [3.05, 3.63) is 35.6 Å². The van der Waals surface area contributed by atoms with Gasteiger partial charge in [-0.3, -0.25) is 14.5 Å². The molecule has 2 unspecified atom stereocenters. The first-order valence-electron chi connectivity index (χ1n) is 8.00. The second kappa shape index (κ2) is 5.89. The molecule has 1 saturated heterocycles. The van der Waals surface area contributed by atoms with Gasteiger partial charge in [0.25, 0.3) is 5.91 Å². The van der Waals surface area contributed by atoms with Crippen molar-refractivity contribution in [1.29, 1.82) is 0 Å². The maximum absolute atomic E-state index is 13.2. The number of rotatable bonds is 5. The maximum atomic E-state index is 13.2. The molecule has 0 radical (unpaired) electrons. The fourth-order valence-electron chi connectivity index (χ4n) is 3.09. The van der Waals surface area contributed by atoms with Crippen LogP contribution in [-0.4, -0.2) is 34.8 Å². The normalized spacial score (nSPS) is 24.7. The smallest absolute Gasteiger partial charge is 0.325 e. The van der Waals surface area contributed by atoms with Gasteiger partial charge in [0.15, 0.2) is 0 Å². The van der Waals surface area contributed by atoms with Crippen molar-refractivity contribution in [3.63, 3.8) is 0 Å². The van der Waals surface area contributed by atoms with Gasteiger partial charge in [0.2, 0.25) is 5.91 Å². The van der Waals surface area contributed by atoms with Gasteiger partial charge in [0.1, 0.15) is 17.9 Å². The van der Waals surface area contributed by atoms with Crippen LogP contribution in [0.4, 0.5) is 9.18 Å². The Kier molecular flexibility index (Phi) is 4.03. The SMILES string of the molecule is CC(NC(=O)CN1C(=O)NC(C)(C2CC2)C1=O)c1cccc(F)c1. The maximum Gasteiger partial charge on any atom is 0.325 e. The lowest BCUT2D eigenvalue weighted by atomic mass is 9.96. The summed E-state index contributed by atoms with van der Waals surface area (Å²) in [6.45, 7) is 3.08. The number of carbonyl (C=O) groups is 3. The van der Waals surface area contributed by atoms with Crippen LogP contribution < -0.4 is 10.6 Å². The number of nitrogens with zero attached hydrogens (tertiary/aromatic N) is 1. The standard InChI is InChI=1S/C17H20FN3O3/c1-10(11-4-3-5-13(18)8-11)19-14(22)9-21-15(23)17(2,12-6-7-12)20-16(21)24/h3-5,8,10,12H,6-7,9H2,1-2H3,(H,19,22)(H,20,24). The van der Waals surface area contributed by atoms with E-state index in [2.05, 4.69) is 10.6 Å². The molecule has 7 heteroatoms. The van der Waals surface area contributed by atoms with Gasteiger partial charge in [-0.1, -0.05) is 12.1 Å². The molecule has 1 heterocycles. The molecule has 6 nitrogen and oxygen atoms in total. The number of nitrogens with one attached hydrogen (secondary N) is 2. The number of urea groups is 1. The van der Waals surface area contributed by atoms with Crippen LogP contribution in [0, 0.1) is 11.7 Å². The second-order valence-electron chi connectivity index (χ2n) is 6.64. The summed E-state index contributed by atoms with van der Waals surface area (Å²) in [7, 11) is 0. The van der Waals surface area contributed by atoms with E-state index < -0.39 is 23.5 Å². The Balaban J connectivity index is 1.62. The lowest BCUT2D eigenvalue weighted by molar-refractivity contribution is -0.135. The minimum atomic E-state index is -0.897. The molecule has 0 aromatic heterocycles. The summed E-state index contributed by atoms with van der Waals surface area (Å²) in [5.74, 6) is -1.06. The van der Waals surface area contributed by atoms with Gasteiger partial charge < -0.3 is 10.6 Å². The first kappa shape index (κ1) is 16.4. The van der Waals surface area contributed by atoms with Gasteiger partial charge in [-0.05, 0) is 50.3 Å². The van der Waals surface area contributed by atoms with Gasteiger partial charge in [-0.25, -0.2) is 9.18 Å². The highest BCUT2D eigenvalue weighted by Gasteiger charge is 2.56. The summed E-state index contributed by atoms with van der Waals surface area (Å²) in [5.41, 5.74) is -0.283. The highest BCUT2D eigenvalue weighted by atomic mass is 19.1. The second-order valence-corrected chi connectivity index (χ2v) is 6.64. The first-order valence-corrected chi connectivity index (χ1v) is 8.00. The van der Waals surface area contributed by atoms with Gasteiger partial charge in [0.05, 0.1) is 6.04 Å². The van der Waals surface area contributed by atoms with Crippen LogP contribution in [0.15, 0.2) is 24.3 Å². The molecule has 1 aromatic carbocycles. The molecular formula is C17H20FN3O3. The Hall–Kier alpha value is -2.44. The first-order chi connectivity index (χ1) is 11.3. The summed E-state index contributed by atoms with van der Waals surface area (Å²) < 4.78 is 13.2. The lowest BCUT2D eigenvalue weighted by Gasteiger charge is -2.21. The molecule has 4 amide bonds. The van der Waals surface area contributed by atoms with E-state index in [9.17, 15) is 18.8 Å². The minimum Gasteiger partial charge on any atom is -0.348 e. The monoisotopic (exact) mass is 333 g/mol. The molecule has 1 aliphatic carbocycles. The lowest BCUT2D eigenvalue weighted by Crippen LogP contribution is -2.47. The van der Waals surface area contributed by atoms with Gasteiger partial charge in [-0.15, -0.1) is 0 Å². The van der Waals surface area contributed by atoms with Crippen molar-refractivity contribution in [3.8, 4) is 0 Å². The fourth-order valence-corrected chi connectivity index (χ4v) is 3.09. The van der Waals surface area contributed by atoms with Crippen molar-refractivity contribution in [2.45, 2.75) is 38.3 Å². The zero-order chi connectivity index (χ0) is 17.5. The molecule has 0 bridgehead atoms. The Labute approximate surface area is 139 Å². The third-order valence-electron chi connectivity index (χ3n) is 4.72. The molecule has 3 rings (SSSR count). The Bertz CT molecular complexity index is 704. The van der Waals surface area contributed by atoms with E-state index in [4.69, 9.17) is 0 Å².